The Morgan fingerprint density at radius 1 is 0.909 bits per heavy atom. The molecule has 0 aromatic heterocycles. The van der Waals surface area contributed by atoms with Gasteiger partial charge in [-0.25, -0.2) is 0 Å². The molecule has 0 aromatic carbocycles. The Kier molecular flexibility index (Phi) is 1.85. The summed E-state index contributed by atoms with van der Waals surface area (Å²) in [7, 11) is 0. The van der Waals surface area contributed by atoms with Crippen LogP contribution in [-0.4, -0.2) is 0 Å². The van der Waals surface area contributed by atoms with Crippen molar-refractivity contribution in [2.24, 2.45) is 17.8 Å². The van der Waals surface area contributed by atoms with E-state index in [2.05, 4.69) is 31.2 Å². The Bertz CT molecular complexity index is 168. The molecule has 2 rings (SSSR count). The fourth-order valence-corrected chi connectivity index (χ4v) is 2.20. The fourth-order valence-electron chi connectivity index (χ4n) is 2.20. The van der Waals surface area contributed by atoms with E-state index in [0.717, 1.165) is 11.8 Å². The van der Waals surface area contributed by atoms with Crippen LogP contribution in [0.15, 0.2) is 24.3 Å². The molecule has 0 aliphatic heterocycles. The molecular formula is C11H16. The third-order valence-electron chi connectivity index (χ3n) is 2.95. The first-order valence-corrected chi connectivity index (χ1v) is 4.73. The maximum atomic E-state index is 2.43. The van der Waals surface area contributed by atoms with Gasteiger partial charge < -0.3 is 0 Å². The Labute approximate surface area is 69.0 Å². The lowest BCUT2D eigenvalue weighted by Crippen LogP contribution is -1.99. The lowest BCUT2D eigenvalue weighted by atomic mass is 9.97. The van der Waals surface area contributed by atoms with Gasteiger partial charge in [-0.1, -0.05) is 37.6 Å². The summed E-state index contributed by atoms with van der Waals surface area (Å²) in [5.74, 6) is 2.41. The minimum atomic E-state index is 0.667. The van der Waals surface area contributed by atoms with E-state index in [4.69, 9.17) is 0 Å². The Morgan fingerprint density at radius 3 is 2.00 bits per heavy atom. The maximum absolute atomic E-state index is 2.43. The topological polar surface area (TPSA) is 0 Å². The lowest BCUT2D eigenvalue weighted by molar-refractivity contribution is 0.560. The zero-order chi connectivity index (χ0) is 7.68. The molecule has 1 saturated carbocycles. The molecule has 0 spiro atoms. The van der Waals surface area contributed by atoms with Crippen molar-refractivity contribution in [2.45, 2.75) is 26.2 Å². The molecule has 0 amide bonds. The number of hydrogen-bond donors (Lipinski definition) is 0. The largest absolute Gasteiger partial charge is 0.0843 e. The van der Waals surface area contributed by atoms with Crippen molar-refractivity contribution in [1.29, 1.82) is 0 Å². The van der Waals surface area contributed by atoms with E-state index in [0.29, 0.717) is 5.92 Å². The SMILES string of the molecule is CC1C=CC2CCC[C@H]2C=C1. The molecule has 0 saturated heterocycles. The molecule has 0 heterocycles. The normalized spacial score (nSPS) is 42.1. The average molecular weight is 148 g/mol. The van der Waals surface area contributed by atoms with Crippen LogP contribution in [0.4, 0.5) is 0 Å². The molecule has 2 aliphatic rings. The van der Waals surface area contributed by atoms with Gasteiger partial charge in [0.15, 0.2) is 0 Å². The highest BCUT2D eigenvalue weighted by molar-refractivity contribution is 5.11. The molecule has 0 aromatic rings. The van der Waals surface area contributed by atoms with Crippen molar-refractivity contribution in [2.75, 3.05) is 0 Å². The van der Waals surface area contributed by atoms with E-state index in [1.807, 2.05) is 0 Å². The number of hydrogen-bond acceptors (Lipinski definition) is 0. The molecular weight excluding hydrogens is 132 g/mol. The summed E-state index contributed by atoms with van der Waals surface area (Å²) in [5, 5.41) is 0. The van der Waals surface area contributed by atoms with E-state index in [1.165, 1.54) is 19.3 Å². The maximum Gasteiger partial charge on any atom is -0.00817 e. The molecule has 0 bridgehead atoms. The van der Waals surface area contributed by atoms with Crippen molar-refractivity contribution < 1.29 is 0 Å². The van der Waals surface area contributed by atoms with Crippen molar-refractivity contribution in [3.05, 3.63) is 24.3 Å². The quantitative estimate of drug-likeness (QED) is 0.463. The van der Waals surface area contributed by atoms with Gasteiger partial charge in [-0.3, -0.25) is 0 Å². The molecule has 2 unspecified atom stereocenters. The molecule has 0 radical (unpaired) electrons. The second-order valence-electron chi connectivity index (χ2n) is 3.89. The van der Waals surface area contributed by atoms with E-state index in [1.54, 1.807) is 0 Å². The summed E-state index contributed by atoms with van der Waals surface area (Å²) < 4.78 is 0. The first-order chi connectivity index (χ1) is 5.36. The molecule has 2 aliphatic carbocycles. The summed E-state index contributed by atoms with van der Waals surface area (Å²) in [5.41, 5.74) is 0. The van der Waals surface area contributed by atoms with Crippen LogP contribution in [0.5, 0.6) is 0 Å². The summed E-state index contributed by atoms with van der Waals surface area (Å²) in [6.45, 7) is 2.26. The highest BCUT2D eigenvalue weighted by Crippen LogP contribution is 2.35. The molecule has 1 fully saturated rings. The van der Waals surface area contributed by atoms with Crippen molar-refractivity contribution in [3.8, 4) is 0 Å². The Hall–Kier alpha value is -0.520. The molecule has 0 N–H and O–H groups in total. The van der Waals surface area contributed by atoms with Gasteiger partial charge in [-0.05, 0) is 30.6 Å². The summed E-state index contributed by atoms with van der Waals surface area (Å²) in [6.07, 6.45) is 13.8. The number of rotatable bonds is 0. The van der Waals surface area contributed by atoms with E-state index in [9.17, 15) is 0 Å². The van der Waals surface area contributed by atoms with Gasteiger partial charge >= 0.3 is 0 Å². The second kappa shape index (κ2) is 2.84. The first kappa shape index (κ1) is 7.15. The van der Waals surface area contributed by atoms with Gasteiger partial charge in [-0.15, -0.1) is 0 Å². The average Bonchev–Trinajstić information content (AvgIpc) is 2.38. The van der Waals surface area contributed by atoms with Gasteiger partial charge in [0.2, 0.25) is 0 Å². The molecule has 0 nitrogen and oxygen atoms in total. The Balaban J connectivity index is 2.17. The third-order valence-corrected chi connectivity index (χ3v) is 2.95. The zero-order valence-electron chi connectivity index (χ0n) is 7.16. The van der Waals surface area contributed by atoms with Gasteiger partial charge in [0.25, 0.3) is 0 Å². The highest BCUT2D eigenvalue weighted by atomic mass is 14.3. The minimum absolute atomic E-state index is 0.667. The number of fused-ring (bicyclic) bond motifs is 1. The monoisotopic (exact) mass is 148 g/mol. The van der Waals surface area contributed by atoms with E-state index >= 15 is 0 Å². The van der Waals surface area contributed by atoms with E-state index in [-0.39, 0.29) is 0 Å². The van der Waals surface area contributed by atoms with Crippen LogP contribution >= 0.6 is 0 Å². The predicted octanol–water partition coefficient (Wildman–Crippen LogP) is 3.16. The molecule has 3 atom stereocenters. The van der Waals surface area contributed by atoms with Gasteiger partial charge in [0.1, 0.15) is 0 Å². The minimum Gasteiger partial charge on any atom is -0.0843 e. The van der Waals surface area contributed by atoms with E-state index < -0.39 is 0 Å². The van der Waals surface area contributed by atoms with Gasteiger partial charge in [0.05, 0.1) is 0 Å². The summed E-state index contributed by atoms with van der Waals surface area (Å²) in [6, 6.07) is 0. The third kappa shape index (κ3) is 1.40. The van der Waals surface area contributed by atoms with Crippen LogP contribution in [0.1, 0.15) is 26.2 Å². The smallest absolute Gasteiger partial charge is 0.00817 e. The van der Waals surface area contributed by atoms with Gasteiger partial charge in [0, 0.05) is 0 Å². The summed E-state index contributed by atoms with van der Waals surface area (Å²) >= 11 is 0. The predicted molar refractivity (Wildman–Crippen MR) is 48.3 cm³/mol. The van der Waals surface area contributed by atoms with Crippen LogP contribution in [0.3, 0.4) is 0 Å². The van der Waals surface area contributed by atoms with Crippen molar-refractivity contribution >= 4 is 0 Å². The zero-order valence-corrected chi connectivity index (χ0v) is 7.16. The van der Waals surface area contributed by atoms with Crippen LogP contribution in [0.2, 0.25) is 0 Å². The molecule has 0 heteroatoms. The fraction of sp³-hybridized carbons (Fsp3) is 0.636. The standard InChI is InChI=1S/C11H16/c1-9-5-7-10-3-2-4-11(10)8-6-9/h5-11H,2-4H2,1H3/t9?,10-,11?/m0/s1. The Morgan fingerprint density at radius 2 is 1.45 bits per heavy atom. The van der Waals surface area contributed by atoms with Crippen LogP contribution < -0.4 is 0 Å². The highest BCUT2D eigenvalue weighted by Gasteiger charge is 2.23. The first-order valence-electron chi connectivity index (χ1n) is 4.73. The molecule has 60 valence electrons. The van der Waals surface area contributed by atoms with Gasteiger partial charge in [-0.2, -0.15) is 0 Å². The lowest BCUT2D eigenvalue weighted by Gasteiger charge is -2.08. The van der Waals surface area contributed by atoms with Crippen molar-refractivity contribution in [1.82, 2.24) is 0 Å². The second-order valence-corrected chi connectivity index (χ2v) is 3.89. The van der Waals surface area contributed by atoms with Crippen LogP contribution in [-0.2, 0) is 0 Å². The molecule has 11 heavy (non-hydrogen) atoms. The van der Waals surface area contributed by atoms with Crippen LogP contribution in [0, 0.1) is 17.8 Å². The summed E-state index contributed by atoms with van der Waals surface area (Å²) in [4.78, 5) is 0. The van der Waals surface area contributed by atoms with Crippen molar-refractivity contribution in [3.63, 3.8) is 0 Å². The van der Waals surface area contributed by atoms with Crippen LogP contribution in [0.25, 0.3) is 0 Å². The number of allylic oxidation sites excluding steroid dienone is 4.